The molecule has 3 nitrogen and oxygen atoms in total. The fourth-order valence-corrected chi connectivity index (χ4v) is 1.88. The van der Waals surface area contributed by atoms with Crippen molar-refractivity contribution in [1.29, 1.82) is 0 Å². The quantitative estimate of drug-likeness (QED) is 0.731. The molecule has 0 spiro atoms. The van der Waals surface area contributed by atoms with Gasteiger partial charge in [-0.25, -0.2) is 0 Å². The van der Waals surface area contributed by atoms with Gasteiger partial charge in [0, 0.05) is 11.8 Å². The molecule has 0 amide bonds. The van der Waals surface area contributed by atoms with Crippen LogP contribution in [-0.4, -0.2) is 17.9 Å². The molecule has 1 aliphatic carbocycles. The number of pyridine rings is 1. The van der Waals surface area contributed by atoms with Gasteiger partial charge in [0.25, 0.3) is 0 Å². The Morgan fingerprint density at radius 1 is 1.38 bits per heavy atom. The van der Waals surface area contributed by atoms with Gasteiger partial charge in [-0.05, 0) is 37.3 Å². The molecular weight excluding hydrogens is 202 g/mol. The van der Waals surface area contributed by atoms with Crippen LogP contribution < -0.4 is 4.74 Å². The van der Waals surface area contributed by atoms with Crippen LogP contribution >= 0.6 is 0 Å². The van der Waals surface area contributed by atoms with E-state index in [1.54, 1.807) is 25.6 Å². The second kappa shape index (κ2) is 4.92. The third-order valence-corrected chi connectivity index (χ3v) is 2.79. The topological polar surface area (TPSA) is 39.2 Å². The number of hydrogen-bond donors (Lipinski definition) is 0. The van der Waals surface area contributed by atoms with Crippen molar-refractivity contribution >= 4 is 5.78 Å². The smallest absolute Gasteiger partial charge is 0.190 e. The molecule has 0 radical (unpaired) electrons. The number of ether oxygens (including phenoxy) is 1. The number of carbonyl (C=O) groups is 1. The highest BCUT2D eigenvalue weighted by Crippen LogP contribution is 2.22. The predicted octanol–water partition coefficient (Wildman–Crippen LogP) is 2.77. The van der Waals surface area contributed by atoms with E-state index in [9.17, 15) is 4.79 Å². The summed E-state index contributed by atoms with van der Waals surface area (Å²) in [5.41, 5.74) is 1.54. The summed E-state index contributed by atoms with van der Waals surface area (Å²) in [6.07, 6.45) is 9.44. The normalized spacial score (nSPS) is 15.4. The average molecular weight is 217 g/mol. The van der Waals surface area contributed by atoms with Crippen molar-refractivity contribution in [2.45, 2.75) is 25.7 Å². The number of carbonyl (C=O) groups excluding carboxylic acids is 1. The molecule has 0 aromatic carbocycles. The number of ketones is 1. The van der Waals surface area contributed by atoms with Crippen molar-refractivity contribution in [2.75, 3.05) is 7.11 Å². The zero-order valence-corrected chi connectivity index (χ0v) is 9.40. The van der Waals surface area contributed by atoms with Crippen LogP contribution in [0.25, 0.3) is 0 Å². The molecule has 0 atom stereocenters. The maximum atomic E-state index is 12.1. The molecule has 0 saturated carbocycles. The molecule has 0 fully saturated rings. The van der Waals surface area contributed by atoms with E-state index in [-0.39, 0.29) is 5.78 Å². The highest BCUT2D eigenvalue weighted by molar-refractivity contribution is 6.08. The standard InChI is InChI=1S/C13H15NO2/c1-16-12-7-11(8-14-9-12)13(15)10-5-3-2-4-6-10/h5,7-9H,2-4,6H2,1H3. The lowest BCUT2D eigenvalue weighted by molar-refractivity contribution is 0.102. The van der Waals surface area contributed by atoms with Crippen molar-refractivity contribution in [3.8, 4) is 5.75 Å². The van der Waals surface area contributed by atoms with Crippen molar-refractivity contribution in [3.05, 3.63) is 35.7 Å². The number of hydrogen-bond acceptors (Lipinski definition) is 3. The van der Waals surface area contributed by atoms with E-state index in [1.807, 2.05) is 6.08 Å². The Labute approximate surface area is 95.2 Å². The van der Waals surface area contributed by atoms with Gasteiger partial charge in [0.2, 0.25) is 0 Å². The van der Waals surface area contributed by atoms with Gasteiger partial charge in [0.05, 0.1) is 13.3 Å². The van der Waals surface area contributed by atoms with Crippen LogP contribution in [0.5, 0.6) is 5.75 Å². The lowest BCUT2D eigenvalue weighted by Gasteiger charge is -2.11. The van der Waals surface area contributed by atoms with Crippen LogP contribution in [0, 0.1) is 0 Å². The van der Waals surface area contributed by atoms with Crippen molar-refractivity contribution in [3.63, 3.8) is 0 Å². The van der Waals surface area contributed by atoms with Crippen LogP contribution in [0.2, 0.25) is 0 Å². The molecule has 0 aliphatic heterocycles. The first-order valence-electron chi connectivity index (χ1n) is 5.54. The van der Waals surface area contributed by atoms with E-state index < -0.39 is 0 Å². The Morgan fingerprint density at radius 2 is 2.25 bits per heavy atom. The van der Waals surface area contributed by atoms with Gasteiger partial charge >= 0.3 is 0 Å². The lowest BCUT2D eigenvalue weighted by atomic mass is 9.94. The minimum absolute atomic E-state index is 0.0890. The predicted molar refractivity (Wildman–Crippen MR) is 61.7 cm³/mol. The molecule has 0 saturated heterocycles. The summed E-state index contributed by atoms with van der Waals surface area (Å²) >= 11 is 0. The minimum atomic E-state index is 0.0890. The van der Waals surface area contributed by atoms with Crippen LogP contribution in [0.3, 0.4) is 0 Å². The van der Waals surface area contributed by atoms with Crippen LogP contribution in [0.1, 0.15) is 36.0 Å². The monoisotopic (exact) mass is 217 g/mol. The summed E-state index contributed by atoms with van der Waals surface area (Å²) in [5.74, 6) is 0.716. The molecule has 1 aliphatic rings. The Kier molecular flexibility index (Phi) is 3.34. The number of rotatable bonds is 3. The summed E-state index contributed by atoms with van der Waals surface area (Å²) in [4.78, 5) is 16.1. The van der Waals surface area contributed by atoms with Crippen LogP contribution in [0.15, 0.2) is 30.1 Å². The number of methoxy groups -OCH3 is 1. The van der Waals surface area contributed by atoms with E-state index in [0.717, 1.165) is 24.8 Å². The first kappa shape index (κ1) is 10.9. The van der Waals surface area contributed by atoms with Crippen LogP contribution in [-0.2, 0) is 0 Å². The summed E-state index contributed by atoms with van der Waals surface area (Å²) in [6, 6.07) is 1.74. The van der Waals surface area contributed by atoms with Gasteiger partial charge in [0.15, 0.2) is 5.78 Å². The number of Topliss-reactive ketones (excluding diaryl/α,β-unsaturated/α-hetero) is 1. The van der Waals surface area contributed by atoms with Crippen molar-refractivity contribution < 1.29 is 9.53 Å². The Bertz CT molecular complexity index is 424. The van der Waals surface area contributed by atoms with E-state index >= 15 is 0 Å². The molecule has 3 heteroatoms. The fraction of sp³-hybridized carbons (Fsp3) is 0.385. The first-order valence-corrected chi connectivity index (χ1v) is 5.54. The number of aromatic nitrogens is 1. The van der Waals surface area contributed by atoms with Gasteiger partial charge in [0.1, 0.15) is 5.75 Å². The first-order chi connectivity index (χ1) is 7.81. The summed E-state index contributed by atoms with van der Waals surface area (Å²) in [5, 5.41) is 0. The lowest BCUT2D eigenvalue weighted by Crippen LogP contribution is -2.07. The van der Waals surface area contributed by atoms with Gasteiger partial charge in [-0.15, -0.1) is 0 Å². The molecule has 16 heavy (non-hydrogen) atoms. The Morgan fingerprint density at radius 3 is 2.94 bits per heavy atom. The molecule has 0 unspecified atom stereocenters. The van der Waals surface area contributed by atoms with Crippen molar-refractivity contribution in [2.24, 2.45) is 0 Å². The van der Waals surface area contributed by atoms with Gasteiger partial charge in [-0.1, -0.05) is 6.08 Å². The fourth-order valence-electron chi connectivity index (χ4n) is 1.88. The van der Waals surface area contributed by atoms with E-state index in [0.29, 0.717) is 11.3 Å². The summed E-state index contributed by atoms with van der Waals surface area (Å²) in [6.45, 7) is 0. The van der Waals surface area contributed by atoms with Gasteiger partial charge < -0.3 is 4.74 Å². The SMILES string of the molecule is COc1cncc(C(=O)C2=CCCCC2)c1. The summed E-state index contributed by atoms with van der Waals surface area (Å²) in [7, 11) is 1.57. The average Bonchev–Trinajstić information content (AvgIpc) is 2.39. The minimum Gasteiger partial charge on any atom is -0.495 e. The Balaban J connectivity index is 2.22. The van der Waals surface area contributed by atoms with Gasteiger partial charge in [-0.3, -0.25) is 9.78 Å². The second-order valence-corrected chi connectivity index (χ2v) is 3.92. The molecular formula is C13H15NO2. The molecule has 84 valence electrons. The maximum Gasteiger partial charge on any atom is 0.190 e. The molecule has 1 aromatic heterocycles. The molecule has 0 bridgehead atoms. The highest BCUT2D eigenvalue weighted by Gasteiger charge is 2.15. The summed E-state index contributed by atoms with van der Waals surface area (Å²) < 4.78 is 5.06. The zero-order chi connectivity index (χ0) is 11.4. The molecule has 1 aromatic rings. The highest BCUT2D eigenvalue weighted by atomic mass is 16.5. The number of allylic oxidation sites excluding steroid dienone is 2. The zero-order valence-electron chi connectivity index (χ0n) is 9.40. The third-order valence-electron chi connectivity index (χ3n) is 2.79. The molecule has 2 rings (SSSR count). The van der Waals surface area contributed by atoms with E-state index in [1.165, 1.54) is 6.42 Å². The largest absolute Gasteiger partial charge is 0.495 e. The second-order valence-electron chi connectivity index (χ2n) is 3.92. The van der Waals surface area contributed by atoms with Crippen LogP contribution in [0.4, 0.5) is 0 Å². The third kappa shape index (κ3) is 2.30. The van der Waals surface area contributed by atoms with Gasteiger partial charge in [-0.2, -0.15) is 0 Å². The molecule has 0 N–H and O–H groups in total. The number of nitrogens with zero attached hydrogens (tertiary/aromatic N) is 1. The molecule has 1 heterocycles. The van der Waals surface area contributed by atoms with Crippen molar-refractivity contribution in [1.82, 2.24) is 4.98 Å². The Hall–Kier alpha value is -1.64. The van der Waals surface area contributed by atoms with E-state index in [4.69, 9.17) is 4.74 Å². The van der Waals surface area contributed by atoms with E-state index in [2.05, 4.69) is 4.98 Å². The maximum absolute atomic E-state index is 12.1.